The molecule has 0 aromatic rings. The molecule has 0 atom stereocenters. The quantitative estimate of drug-likeness (QED) is 0.346. The first-order valence-corrected chi connectivity index (χ1v) is 18.4. The van der Waals surface area contributed by atoms with Crippen LogP contribution in [0.1, 0.15) is 73.1 Å². The number of hydrogen-bond acceptors (Lipinski definition) is 1. The molecule has 0 spiro atoms. The summed E-state index contributed by atoms with van der Waals surface area (Å²) in [7, 11) is 0. The van der Waals surface area contributed by atoms with Crippen LogP contribution in [0.15, 0.2) is 0 Å². The van der Waals surface area contributed by atoms with E-state index in [2.05, 4.69) is 37.3 Å². The molecular formula is C16H37NPb. The fourth-order valence-corrected chi connectivity index (χ4v) is 26.9. The van der Waals surface area contributed by atoms with Crippen LogP contribution in [0.5, 0.6) is 0 Å². The fraction of sp³-hybridized carbons (Fsp3) is 1.00. The summed E-state index contributed by atoms with van der Waals surface area (Å²) in [5, 5.41) is 0. The van der Waals surface area contributed by atoms with Crippen LogP contribution in [0.4, 0.5) is 0 Å². The van der Waals surface area contributed by atoms with Gasteiger partial charge in [-0.15, -0.1) is 0 Å². The molecule has 0 aliphatic rings. The third kappa shape index (κ3) is 6.36. The predicted octanol–water partition coefficient (Wildman–Crippen LogP) is 5.67. The molecule has 0 N–H and O–H groups in total. The Hall–Kier alpha value is 0.882. The van der Waals surface area contributed by atoms with E-state index in [9.17, 15) is 0 Å². The van der Waals surface area contributed by atoms with E-state index >= 15 is 0 Å². The SMILES string of the molecule is CCC[CH2][Pb]([CH2]CCC)([CH2]CCC)[N](CC)CC. The van der Waals surface area contributed by atoms with E-state index in [4.69, 9.17) is 0 Å². The average Bonchev–Trinajstić information content (AvgIpc) is 2.41. The third-order valence-corrected chi connectivity index (χ3v) is 27.1. The van der Waals surface area contributed by atoms with Crippen LogP contribution in [-0.2, 0) is 0 Å². The molecule has 0 aliphatic carbocycles. The van der Waals surface area contributed by atoms with Gasteiger partial charge in [-0.2, -0.15) is 0 Å². The summed E-state index contributed by atoms with van der Waals surface area (Å²) < 4.78 is 7.87. The first-order valence-electron chi connectivity index (χ1n) is 8.45. The minimum absolute atomic E-state index is 1.31. The zero-order valence-corrected chi connectivity index (χ0v) is 17.6. The number of unbranched alkanes of at least 4 members (excludes halogenated alkanes) is 3. The number of nitrogens with zero attached hydrogens (tertiary/aromatic N) is 1. The van der Waals surface area contributed by atoms with E-state index in [1.165, 1.54) is 51.6 Å². The van der Waals surface area contributed by atoms with Gasteiger partial charge < -0.3 is 0 Å². The molecule has 0 rings (SSSR count). The zero-order chi connectivity index (χ0) is 13.9. The standard InChI is InChI=1S/C4H10N.3C4H9.Pb/c1-3-5-4-2;3*1-3-4-2;/h3-4H2,1-2H3;3*1,3-4H2,2H3;/q-1;;;;+1. The minimum atomic E-state index is -2.15. The Labute approximate surface area is 122 Å². The summed E-state index contributed by atoms with van der Waals surface area (Å²) in [5.74, 6) is 0. The first kappa shape index (κ1) is 18.9. The molecule has 0 unspecified atom stereocenters. The van der Waals surface area contributed by atoms with Crippen molar-refractivity contribution >= 4 is 21.5 Å². The Balaban J connectivity index is 4.82. The number of hydrogen-bond donors (Lipinski definition) is 0. The fourth-order valence-electron chi connectivity index (χ4n) is 3.26. The predicted molar refractivity (Wildman–Crippen MR) is 87.8 cm³/mol. The van der Waals surface area contributed by atoms with Crippen molar-refractivity contribution in [3.05, 3.63) is 0 Å². The van der Waals surface area contributed by atoms with Crippen molar-refractivity contribution in [2.75, 3.05) is 13.1 Å². The van der Waals surface area contributed by atoms with Gasteiger partial charge >= 0.3 is 122 Å². The van der Waals surface area contributed by atoms with Crippen molar-refractivity contribution in [2.24, 2.45) is 0 Å². The van der Waals surface area contributed by atoms with Gasteiger partial charge in [0.05, 0.1) is 0 Å². The topological polar surface area (TPSA) is 3.24 Å². The summed E-state index contributed by atoms with van der Waals surface area (Å²) >= 11 is -2.15. The Morgan fingerprint density at radius 1 is 0.611 bits per heavy atom. The second-order valence-corrected chi connectivity index (χ2v) is 23.5. The van der Waals surface area contributed by atoms with E-state index < -0.39 is 21.5 Å². The Morgan fingerprint density at radius 3 is 1.17 bits per heavy atom. The van der Waals surface area contributed by atoms with Crippen LogP contribution in [-0.4, -0.2) is 37.3 Å². The summed E-state index contributed by atoms with van der Waals surface area (Å²) in [6, 6.07) is 0. The maximum atomic E-state index is 2.98. The molecular weight excluding hydrogens is 413 g/mol. The molecule has 0 aromatic heterocycles. The summed E-state index contributed by atoms with van der Waals surface area (Å²) in [5.41, 5.74) is 0. The monoisotopic (exact) mass is 451 g/mol. The van der Waals surface area contributed by atoms with Crippen LogP contribution in [0.3, 0.4) is 0 Å². The van der Waals surface area contributed by atoms with Crippen LogP contribution in [0.25, 0.3) is 0 Å². The van der Waals surface area contributed by atoms with Crippen LogP contribution >= 0.6 is 0 Å². The van der Waals surface area contributed by atoms with Crippen molar-refractivity contribution in [2.45, 2.75) is 85.1 Å². The number of rotatable bonds is 12. The van der Waals surface area contributed by atoms with E-state index in [1.54, 1.807) is 11.9 Å². The van der Waals surface area contributed by atoms with Gasteiger partial charge in [-0.3, -0.25) is 0 Å². The van der Waals surface area contributed by atoms with Crippen molar-refractivity contribution in [1.29, 1.82) is 0 Å². The summed E-state index contributed by atoms with van der Waals surface area (Å²) in [4.78, 5) is 0. The van der Waals surface area contributed by atoms with E-state index in [0.717, 1.165) is 0 Å². The molecule has 0 saturated carbocycles. The van der Waals surface area contributed by atoms with Crippen molar-refractivity contribution in [1.82, 2.24) is 2.71 Å². The molecule has 1 nitrogen and oxygen atoms in total. The van der Waals surface area contributed by atoms with Crippen molar-refractivity contribution in [3.63, 3.8) is 0 Å². The third-order valence-electron chi connectivity index (χ3n) is 4.42. The molecule has 0 aromatic carbocycles. The van der Waals surface area contributed by atoms with Crippen molar-refractivity contribution < 1.29 is 0 Å². The average molecular weight is 451 g/mol. The zero-order valence-electron chi connectivity index (χ0n) is 13.7. The molecule has 0 heterocycles. The van der Waals surface area contributed by atoms with Crippen molar-refractivity contribution in [3.8, 4) is 0 Å². The Kier molecular flexibility index (Phi) is 12.3. The van der Waals surface area contributed by atoms with E-state index in [0.29, 0.717) is 0 Å². The first-order chi connectivity index (χ1) is 8.70. The van der Waals surface area contributed by atoms with Gasteiger partial charge in [0, 0.05) is 0 Å². The van der Waals surface area contributed by atoms with Crippen LogP contribution in [0, 0.1) is 0 Å². The van der Waals surface area contributed by atoms with E-state index in [-0.39, 0.29) is 0 Å². The van der Waals surface area contributed by atoms with Gasteiger partial charge in [-0.1, -0.05) is 0 Å². The second kappa shape index (κ2) is 11.7. The van der Waals surface area contributed by atoms with Gasteiger partial charge in [0.2, 0.25) is 0 Å². The molecule has 0 saturated heterocycles. The normalized spacial score (nSPS) is 12.3. The maximum absolute atomic E-state index is 2.98. The van der Waals surface area contributed by atoms with Gasteiger partial charge in [-0.05, 0) is 0 Å². The molecule has 0 fully saturated rings. The Morgan fingerprint density at radius 2 is 0.944 bits per heavy atom. The second-order valence-electron chi connectivity index (χ2n) is 5.71. The molecule has 0 radical (unpaired) electrons. The van der Waals surface area contributed by atoms with Crippen LogP contribution < -0.4 is 0 Å². The molecule has 18 heavy (non-hydrogen) atoms. The molecule has 0 aliphatic heterocycles. The van der Waals surface area contributed by atoms with Gasteiger partial charge in [0.1, 0.15) is 0 Å². The summed E-state index contributed by atoms with van der Waals surface area (Å²) in [6.07, 6.45) is 8.65. The molecule has 0 bridgehead atoms. The molecule has 2 heteroatoms. The van der Waals surface area contributed by atoms with Gasteiger partial charge in [0.25, 0.3) is 0 Å². The van der Waals surface area contributed by atoms with Crippen LogP contribution in [0.2, 0.25) is 11.9 Å². The molecule has 0 amide bonds. The van der Waals surface area contributed by atoms with Gasteiger partial charge in [-0.25, -0.2) is 0 Å². The van der Waals surface area contributed by atoms with Gasteiger partial charge in [0.15, 0.2) is 0 Å². The molecule has 110 valence electrons. The summed E-state index contributed by atoms with van der Waals surface area (Å²) in [6.45, 7) is 14.5. The van der Waals surface area contributed by atoms with E-state index in [1.807, 2.05) is 0 Å². The Bertz CT molecular complexity index is 156.